The van der Waals surface area contributed by atoms with Crippen molar-refractivity contribution in [2.75, 3.05) is 0 Å². The molecule has 45 valence electrons. The van der Waals surface area contributed by atoms with Gasteiger partial charge in [-0.2, -0.15) is 0 Å². The van der Waals surface area contributed by atoms with E-state index < -0.39 is 18.4 Å². The fraction of sp³-hybridized carbons (Fsp3) is 0.333. The third kappa shape index (κ3) is 9.27. The van der Waals surface area contributed by atoms with Gasteiger partial charge in [0.15, 0.2) is 0 Å². The smallest absolute Gasteiger partial charge is 0.314 e. The quantitative estimate of drug-likeness (QED) is 0.515. The van der Waals surface area contributed by atoms with Gasteiger partial charge in [0.05, 0.1) is 0 Å². The van der Waals surface area contributed by atoms with Crippen LogP contribution in [-0.4, -0.2) is 48.4 Å². The molecular formula is C3H4BiO4. The van der Waals surface area contributed by atoms with Crippen molar-refractivity contribution in [3.8, 4) is 0 Å². The van der Waals surface area contributed by atoms with E-state index >= 15 is 0 Å². The third-order valence-corrected chi connectivity index (χ3v) is 0.302. The molecule has 0 rings (SSSR count). The van der Waals surface area contributed by atoms with Gasteiger partial charge in [0, 0.05) is 26.2 Å². The Balaban J connectivity index is 0. The van der Waals surface area contributed by atoms with Crippen LogP contribution in [0.3, 0.4) is 0 Å². The van der Waals surface area contributed by atoms with Crippen LogP contribution in [0.15, 0.2) is 0 Å². The summed E-state index contributed by atoms with van der Waals surface area (Å²) in [6.45, 7) is 0. The van der Waals surface area contributed by atoms with Crippen LogP contribution in [0.4, 0.5) is 0 Å². The number of aliphatic carboxylic acids is 2. The van der Waals surface area contributed by atoms with Crippen molar-refractivity contribution in [2.24, 2.45) is 0 Å². The van der Waals surface area contributed by atoms with Crippen LogP contribution in [0.1, 0.15) is 6.42 Å². The minimum absolute atomic E-state index is 0. The Kier molecular flexibility index (Phi) is 6.67. The molecule has 4 nitrogen and oxygen atoms in total. The Hall–Kier alpha value is -0.177. The van der Waals surface area contributed by atoms with Gasteiger partial charge in [-0.25, -0.2) is 0 Å². The van der Waals surface area contributed by atoms with E-state index in [0.717, 1.165) is 0 Å². The van der Waals surface area contributed by atoms with E-state index in [-0.39, 0.29) is 26.2 Å². The zero-order valence-corrected chi connectivity index (χ0v) is 7.34. The number of carboxylic acids is 2. The molecule has 0 bridgehead atoms. The number of hydrogen-bond acceptors (Lipinski definition) is 2. The average Bonchev–Trinajstić information content (AvgIpc) is 1.27. The second-order valence-corrected chi connectivity index (χ2v) is 0.964. The standard InChI is InChI=1S/C3H4O4.Bi/c4-2(5)1-3(6)7;/h1H2,(H,4,5)(H,6,7);. The minimum atomic E-state index is -1.31. The SMILES string of the molecule is O=C(O)CC(=O)O.[Bi]. The van der Waals surface area contributed by atoms with Crippen LogP contribution >= 0.6 is 0 Å². The molecule has 0 aromatic carbocycles. The van der Waals surface area contributed by atoms with Crippen LogP contribution < -0.4 is 0 Å². The van der Waals surface area contributed by atoms with Crippen LogP contribution in [0.5, 0.6) is 0 Å². The summed E-state index contributed by atoms with van der Waals surface area (Å²) >= 11 is 0. The van der Waals surface area contributed by atoms with Gasteiger partial charge in [-0.3, -0.25) is 9.59 Å². The van der Waals surface area contributed by atoms with E-state index in [4.69, 9.17) is 10.2 Å². The first-order valence-corrected chi connectivity index (χ1v) is 1.56. The number of carbonyl (C=O) groups is 2. The second kappa shape index (κ2) is 4.97. The van der Waals surface area contributed by atoms with Gasteiger partial charge in [-0.05, 0) is 0 Å². The minimum Gasteiger partial charge on any atom is -0.481 e. The second-order valence-electron chi connectivity index (χ2n) is 0.964. The molecule has 0 saturated carbocycles. The summed E-state index contributed by atoms with van der Waals surface area (Å²) in [6, 6.07) is 0. The third-order valence-electron chi connectivity index (χ3n) is 0.302. The van der Waals surface area contributed by atoms with Crippen LogP contribution in [0, 0.1) is 0 Å². The summed E-state index contributed by atoms with van der Waals surface area (Å²) in [5.74, 6) is -2.62. The molecule has 5 heteroatoms. The fourth-order valence-electron chi connectivity index (χ4n) is 0.129. The topological polar surface area (TPSA) is 74.6 Å². The van der Waals surface area contributed by atoms with Crippen LogP contribution in [-0.2, 0) is 9.59 Å². The van der Waals surface area contributed by atoms with E-state index in [1.54, 1.807) is 0 Å². The predicted octanol–water partition coefficient (Wildman–Crippen LogP) is -0.835. The molecule has 0 atom stereocenters. The molecule has 0 amide bonds. The van der Waals surface area contributed by atoms with Gasteiger partial charge >= 0.3 is 11.9 Å². The summed E-state index contributed by atoms with van der Waals surface area (Å²) in [5, 5.41) is 15.4. The molecule has 2 N–H and O–H groups in total. The van der Waals surface area contributed by atoms with Crippen molar-refractivity contribution >= 4 is 38.1 Å². The summed E-state index contributed by atoms with van der Waals surface area (Å²) in [5.41, 5.74) is 0. The van der Waals surface area contributed by atoms with Gasteiger partial charge in [-0.15, -0.1) is 0 Å². The van der Waals surface area contributed by atoms with E-state index in [2.05, 4.69) is 0 Å². The van der Waals surface area contributed by atoms with E-state index in [0.29, 0.717) is 0 Å². The maximum Gasteiger partial charge on any atom is 0.314 e. The predicted molar refractivity (Wildman–Crippen MR) is 25.6 cm³/mol. The maximum atomic E-state index is 9.43. The largest absolute Gasteiger partial charge is 0.481 e. The molecule has 0 aliphatic rings. The Morgan fingerprint density at radius 1 is 1.12 bits per heavy atom. The molecule has 0 aromatic rings. The molecule has 0 aliphatic carbocycles. The molecule has 0 aromatic heterocycles. The van der Waals surface area contributed by atoms with Crippen molar-refractivity contribution in [3.63, 3.8) is 0 Å². The van der Waals surface area contributed by atoms with Crippen LogP contribution in [0.2, 0.25) is 0 Å². The zero-order valence-electron chi connectivity index (χ0n) is 3.87. The maximum absolute atomic E-state index is 9.43. The van der Waals surface area contributed by atoms with Crippen molar-refractivity contribution in [2.45, 2.75) is 6.42 Å². The fourth-order valence-corrected chi connectivity index (χ4v) is 0.129. The molecule has 0 aliphatic heterocycles. The molecule has 8 heavy (non-hydrogen) atoms. The number of hydrogen-bond donors (Lipinski definition) is 2. The molecule has 0 unspecified atom stereocenters. The molecule has 0 fully saturated rings. The summed E-state index contributed by atoms with van der Waals surface area (Å²) in [4.78, 5) is 18.9. The van der Waals surface area contributed by atoms with Crippen molar-refractivity contribution in [1.82, 2.24) is 0 Å². The molecule has 3 radical (unpaired) electrons. The first-order valence-electron chi connectivity index (χ1n) is 1.56. The van der Waals surface area contributed by atoms with Crippen molar-refractivity contribution in [1.29, 1.82) is 0 Å². The van der Waals surface area contributed by atoms with Gasteiger partial charge in [0.1, 0.15) is 6.42 Å². The molecular weight excluding hydrogens is 309 g/mol. The summed E-state index contributed by atoms with van der Waals surface area (Å²) in [6.07, 6.45) is -0.806. The van der Waals surface area contributed by atoms with Crippen molar-refractivity contribution in [3.05, 3.63) is 0 Å². The Morgan fingerprint density at radius 2 is 1.38 bits per heavy atom. The van der Waals surface area contributed by atoms with Gasteiger partial charge in [0.25, 0.3) is 0 Å². The zero-order chi connectivity index (χ0) is 5.86. The van der Waals surface area contributed by atoms with Gasteiger partial charge in [0.2, 0.25) is 0 Å². The normalized spacial score (nSPS) is 7.00. The molecule has 0 saturated heterocycles. The van der Waals surface area contributed by atoms with E-state index in [1.165, 1.54) is 0 Å². The van der Waals surface area contributed by atoms with Gasteiger partial charge in [-0.1, -0.05) is 0 Å². The first-order chi connectivity index (χ1) is 3.13. The number of carboxylic acid groups (broad SMARTS) is 2. The van der Waals surface area contributed by atoms with E-state index in [9.17, 15) is 9.59 Å². The van der Waals surface area contributed by atoms with E-state index in [1.807, 2.05) is 0 Å². The number of rotatable bonds is 2. The summed E-state index contributed by atoms with van der Waals surface area (Å²) in [7, 11) is 0. The van der Waals surface area contributed by atoms with Gasteiger partial charge < -0.3 is 10.2 Å². The Bertz CT molecular complexity index is 87.5. The molecule has 0 spiro atoms. The Labute approximate surface area is 64.6 Å². The monoisotopic (exact) mass is 313 g/mol. The molecule has 0 heterocycles. The van der Waals surface area contributed by atoms with Crippen molar-refractivity contribution < 1.29 is 19.8 Å². The first kappa shape index (κ1) is 10.7. The summed E-state index contributed by atoms with van der Waals surface area (Å²) < 4.78 is 0. The van der Waals surface area contributed by atoms with Crippen LogP contribution in [0.25, 0.3) is 0 Å². The average molecular weight is 313 g/mol. The Morgan fingerprint density at radius 3 is 1.38 bits per heavy atom.